The summed E-state index contributed by atoms with van der Waals surface area (Å²) in [4.78, 5) is 13.5. The van der Waals surface area contributed by atoms with Crippen LogP contribution in [0.25, 0.3) is 0 Å². The molecule has 4 N–H and O–H groups in total. The summed E-state index contributed by atoms with van der Waals surface area (Å²) in [5, 5.41) is 6.42. The minimum Gasteiger partial charge on any atom is -0.393 e. The van der Waals surface area contributed by atoms with E-state index in [1.54, 1.807) is 0 Å². The van der Waals surface area contributed by atoms with Gasteiger partial charge in [0, 0.05) is 10.6 Å². The van der Waals surface area contributed by atoms with E-state index in [1.165, 1.54) is 29.8 Å². The SMILES string of the molecule is Cc1nc(Nc2ncnc(Nc3cccc(C(F)(F)F)c3)c2N)sc1C. The third kappa shape index (κ3) is 3.85. The molecule has 6 nitrogen and oxygen atoms in total. The van der Waals surface area contributed by atoms with Gasteiger partial charge in [-0.15, -0.1) is 11.3 Å². The van der Waals surface area contributed by atoms with Crippen molar-refractivity contribution in [3.05, 3.63) is 46.7 Å². The number of aromatic nitrogens is 3. The van der Waals surface area contributed by atoms with E-state index >= 15 is 0 Å². The Labute approximate surface area is 151 Å². The molecule has 26 heavy (non-hydrogen) atoms. The average molecular weight is 380 g/mol. The zero-order valence-electron chi connectivity index (χ0n) is 13.8. The second kappa shape index (κ2) is 6.79. The molecule has 0 unspecified atom stereocenters. The predicted octanol–water partition coefficient (Wildman–Crippen LogP) is 4.64. The van der Waals surface area contributed by atoms with Gasteiger partial charge >= 0.3 is 6.18 Å². The number of nitrogens with two attached hydrogens (primary N) is 1. The van der Waals surface area contributed by atoms with E-state index in [2.05, 4.69) is 25.6 Å². The second-order valence-electron chi connectivity index (χ2n) is 5.47. The fourth-order valence-corrected chi connectivity index (χ4v) is 2.95. The van der Waals surface area contributed by atoms with Gasteiger partial charge in [-0.05, 0) is 32.0 Å². The molecule has 0 bridgehead atoms. The van der Waals surface area contributed by atoms with E-state index in [-0.39, 0.29) is 17.2 Å². The van der Waals surface area contributed by atoms with Crippen molar-refractivity contribution in [1.82, 2.24) is 15.0 Å². The first-order valence-corrected chi connectivity index (χ1v) is 8.31. The Morgan fingerprint density at radius 3 is 2.38 bits per heavy atom. The van der Waals surface area contributed by atoms with Crippen LogP contribution < -0.4 is 16.4 Å². The van der Waals surface area contributed by atoms with E-state index < -0.39 is 11.7 Å². The van der Waals surface area contributed by atoms with Crippen LogP contribution in [-0.2, 0) is 6.18 Å². The van der Waals surface area contributed by atoms with Crippen LogP contribution in [0.15, 0.2) is 30.6 Å². The smallest absolute Gasteiger partial charge is 0.393 e. The Bertz CT molecular complexity index is 918. The summed E-state index contributed by atoms with van der Waals surface area (Å²) in [5.41, 5.74) is 6.58. The maximum atomic E-state index is 12.8. The van der Waals surface area contributed by atoms with Gasteiger partial charge in [0.25, 0.3) is 0 Å². The molecule has 136 valence electrons. The lowest BCUT2D eigenvalue weighted by molar-refractivity contribution is -0.137. The molecule has 2 heterocycles. The van der Waals surface area contributed by atoms with Gasteiger partial charge in [-0.2, -0.15) is 13.2 Å². The van der Waals surface area contributed by atoms with Crippen molar-refractivity contribution in [2.45, 2.75) is 20.0 Å². The summed E-state index contributed by atoms with van der Waals surface area (Å²) >= 11 is 1.45. The molecular formula is C16H15F3N6S. The number of aryl methyl sites for hydroxylation is 2. The molecule has 0 saturated heterocycles. The highest BCUT2D eigenvalue weighted by atomic mass is 32.1. The number of halogens is 3. The predicted molar refractivity (Wildman–Crippen MR) is 96.0 cm³/mol. The van der Waals surface area contributed by atoms with Gasteiger partial charge in [0.1, 0.15) is 12.0 Å². The number of anilines is 5. The summed E-state index contributed by atoms with van der Waals surface area (Å²) < 4.78 is 38.5. The van der Waals surface area contributed by atoms with Gasteiger partial charge in [-0.3, -0.25) is 0 Å². The molecule has 0 aliphatic rings. The van der Waals surface area contributed by atoms with Crippen molar-refractivity contribution < 1.29 is 13.2 Å². The maximum Gasteiger partial charge on any atom is 0.416 e. The highest BCUT2D eigenvalue weighted by Crippen LogP contribution is 2.33. The Hall–Kier alpha value is -2.88. The number of hydrogen-bond donors (Lipinski definition) is 3. The Balaban J connectivity index is 1.85. The Kier molecular flexibility index (Phi) is 4.68. The largest absolute Gasteiger partial charge is 0.416 e. The molecule has 0 aliphatic heterocycles. The summed E-state index contributed by atoms with van der Waals surface area (Å²) in [5.74, 6) is 0.523. The monoisotopic (exact) mass is 380 g/mol. The topological polar surface area (TPSA) is 88.8 Å². The van der Waals surface area contributed by atoms with Crippen LogP contribution >= 0.6 is 11.3 Å². The standard InChI is InChI=1S/C16H15F3N6S/c1-8-9(2)26-15(23-8)25-14-12(20)13(21-7-22-14)24-11-5-3-4-10(6-11)16(17,18)19/h3-7H,20H2,1-2H3,(H2,21,22,23,24,25). The molecule has 3 rings (SSSR count). The number of nitrogens with zero attached hydrogens (tertiary/aromatic N) is 3. The molecule has 10 heteroatoms. The Morgan fingerprint density at radius 2 is 1.77 bits per heavy atom. The fraction of sp³-hybridized carbons (Fsp3) is 0.188. The van der Waals surface area contributed by atoms with Gasteiger partial charge in [-0.1, -0.05) is 6.07 Å². The number of nitrogens with one attached hydrogen (secondary N) is 2. The van der Waals surface area contributed by atoms with Crippen LogP contribution in [0.3, 0.4) is 0 Å². The second-order valence-corrected chi connectivity index (χ2v) is 6.68. The van der Waals surface area contributed by atoms with Crippen molar-refractivity contribution in [1.29, 1.82) is 0 Å². The molecule has 0 spiro atoms. The maximum absolute atomic E-state index is 12.8. The van der Waals surface area contributed by atoms with Crippen molar-refractivity contribution in [2.24, 2.45) is 0 Å². The first-order chi connectivity index (χ1) is 12.2. The zero-order valence-corrected chi connectivity index (χ0v) is 14.7. The molecule has 1 aromatic carbocycles. The molecule has 0 amide bonds. The van der Waals surface area contributed by atoms with Crippen LogP contribution in [0.2, 0.25) is 0 Å². The van der Waals surface area contributed by atoms with Crippen molar-refractivity contribution in [2.75, 3.05) is 16.4 Å². The van der Waals surface area contributed by atoms with E-state index in [1.807, 2.05) is 13.8 Å². The van der Waals surface area contributed by atoms with E-state index in [0.29, 0.717) is 10.9 Å². The van der Waals surface area contributed by atoms with Gasteiger partial charge in [0.15, 0.2) is 16.8 Å². The molecule has 0 radical (unpaired) electrons. The minimum absolute atomic E-state index is 0.176. The van der Waals surface area contributed by atoms with E-state index in [9.17, 15) is 13.2 Å². The highest BCUT2D eigenvalue weighted by Gasteiger charge is 2.30. The van der Waals surface area contributed by atoms with Gasteiger partial charge in [0.2, 0.25) is 0 Å². The van der Waals surface area contributed by atoms with Crippen molar-refractivity contribution in [3.63, 3.8) is 0 Å². The van der Waals surface area contributed by atoms with Crippen molar-refractivity contribution >= 4 is 39.5 Å². The number of alkyl halides is 3. The molecule has 3 aromatic rings. The number of thiazole rings is 1. The number of benzene rings is 1. The van der Waals surface area contributed by atoms with Gasteiger partial charge in [-0.25, -0.2) is 15.0 Å². The van der Waals surface area contributed by atoms with E-state index in [4.69, 9.17) is 5.73 Å². The van der Waals surface area contributed by atoms with Crippen LogP contribution in [0.5, 0.6) is 0 Å². The summed E-state index contributed by atoms with van der Waals surface area (Å²) in [6, 6.07) is 4.79. The zero-order chi connectivity index (χ0) is 18.9. The molecule has 2 aromatic heterocycles. The normalized spacial score (nSPS) is 11.4. The van der Waals surface area contributed by atoms with E-state index in [0.717, 1.165) is 22.7 Å². The van der Waals surface area contributed by atoms with Crippen LogP contribution in [0.1, 0.15) is 16.1 Å². The molecule has 0 saturated carbocycles. The summed E-state index contributed by atoms with van der Waals surface area (Å²) in [6.07, 6.45) is -3.16. The fourth-order valence-electron chi connectivity index (χ4n) is 2.13. The number of nitrogen functional groups attached to an aromatic ring is 1. The summed E-state index contributed by atoms with van der Waals surface area (Å²) in [6.45, 7) is 3.84. The quantitative estimate of drug-likeness (QED) is 0.611. The summed E-state index contributed by atoms with van der Waals surface area (Å²) in [7, 11) is 0. The first-order valence-electron chi connectivity index (χ1n) is 7.50. The highest BCUT2D eigenvalue weighted by molar-refractivity contribution is 7.15. The van der Waals surface area contributed by atoms with Crippen molar-refractivity contribution in [3.8, 4) is 0 Å². The lowest BCUT2D eigenvalue weighted by Gasteiger charge is -2.13. The lowest BCUT2D eigenvalue weighted by Crippen LogP contribution is -2.07. The third-order valence-electron chi connectivity index (χ3n) is 3.59. The minimum atomic E-state index is -4.43. The molecule has 0 aliphatic carbocycles. The molecule has 0 atom stereocenters. The number of hydrogen-bond acceptors (Lipinski definition) is 7. The molecule has 0 fully saturated rings. The van der Waals surface area contributed by atoms with Crippen LogP contribution in [0, 0.1) is 13.8 Å². The Morgan fingerprint density at radius 1 is 1.08 bits per heavy atom. The van der Waals surface area contributed by atoms with Crippen LogP contribution in [-0.4, -0.2) is 15.0 Å². The lowest BCUT2D eigenvalue weighted by atomic mass is 10.2. The average Bonchev–Trinajstić information content (AvgIpc) is 2.88. The van der Waals surface area contributed by atoms with Gasteiger partial charge in [0.05, 0.1) is 11.3 Å². The van der Waals surface area contributed by atoms with Crippen LogP contribution in [0.4, 0.5) is 41.3 Å². The first kappa shape index (κ1) is 17.9. The third-order valence-corrected chi connectivity index (χ3v) is 4.58. The van der Waals surface area contributed by atoms with Gasteiger partial charge < -0.3 is 16.4 Å². The molecular weight excluding hydrogens is 365 g/mol. The number of rotatable bonds is 4.